The highest BCUT2D eigenvalue weighted by Gasteiger charge is 2.13. The van der Waals surface area contributed by atoms with Crippen LogP contribution >= 0.6 is 11.3 Å². The molecule has 0 radical (unpaired) electrons. The quantitative estimate of drug-likeness (QED) is 0.883. The molecule has 3 heterocycles. The molecule has 0 bridgehead atoms. The number of nitrogens with one attached hydrogen (secondary N) is 1. The Bertz CT molecular complexity index is 623. The van der Waals surface area contributed by atoms with Gasteiger partial charge in [-0.25, -0.2) is 4.98 Å². The van der Waals surface area contributed by atoms with E-state index < -0.39 is 0 Å². The molecule has 0 aliphatic carbocycles. The molecule has 6 heteroatoms. The summed E-state index contributed by atoms with van der Waals surface area (Å²) < 4.78 is 0. The standard InChI is InChI=1S/C17H22N4OS/c22-16(19-11-14-4-6-18-7-5-14)10-15-13-23-17(20-15)12-21-8-2-1-3-9-21/h4-7,13H,1-3,8-12H2,(H,19,22). The first-order chi connectivity index (χ1) is 11.3. The summed E-state index contributed by atoms with van der Waals surface area (Å²) in [5, 5.41) is 6.05. The van der Waals surface area contributed by atoms with Crippen LogP contribution in [0.5, 0.6) is 0 Å². The second-order valence-electron chi connectivity index (χ2n) is 5.88. The van der Waals surface area contributed by atoms with Crippen molar-refractivity contribution >= 4 is 17.2 Å². The van der Waals surface area contributed by atoms with E-state index >= 15 is 0 Å². The Morgan fingerprint density at radius 3 is 2.78 bits per heavy atom. The van der Waals surface area contributed by atoms with Gasteiger partial charge in [-0.3, -0.25) is 14.7 Å². The molecule has 0 atom stereocenters. The van der Waals surface area contributed by atoms with Gasteiger partial charge in [-0.05, 0) is 43.6 Å². The number of piperidine rings is 1. The van der Waals surface area contributed by atoms with Crippen LogP contribution in [0.3, 0.4) is 0 Å². The molecule has 1 aliphatic heterocycles. The molecule has 0 unspecified atom stereocenters. The normalized spacial score (nSPS) is 15.5. The van der Waals surface area contributed by atoms with Gasteiger partial charge in [0.05, 0.1) is 18.7 Å². The number of likely N-dealkylation sites (tertiary alicyclic amines) is 1. The van der Waals surface area contributed by atoms with Crippen LogP contribution in [0.4, 0.5) is 0 Å². The van der Waals surface area contributed by atoms with Gasteiger partial charge in [-0.1, -0.05) is 6.42 Å². The molecule has 5 nitrogen and oxygen atoms in total. The molecular weight excluding hydrogens is 308 g/mol. The molecule has 1 saturated heterocycles. The highest BCUT2D eigenvalue weighted by molar-refractivity contribution is 7.09. The zero-order valence-corrected chi connectivity index (χ0v) is 14.0. The number of pyridine rings is 1. The number of carbonyl (C=O) groups excluding carboxylic acids is 1. The van der Waals surface area contributed by atoms with Gasteiger partial charge >= 0.3 is 0 Å². The summed E-state index contributed by atoms with van der Waals surface area (Å²) in [4.78, 5) is 23.0. The van der Waals surface area contributed by atoms with Crippen molar-refractivity contribution in [2.75, 3.05) is 13.1 Å². The van der Waals surface area contributed by atoms with Gasteiger partial charge in [-0.2, -0.15) is 0 Å². The van der Waals surface area contributed by atoms with E-state index in [1.807, 2.05) is 17.5 Å². The number of aromatic nitrogens is 2. The molecule has 1 amide bonds. The van der Waals surface area contributed by atoms with Crippen molar-refractivity contribution in [3.63, 3.8) is 0 Å². The van der Waals surface area contributed by atoms with E-state index in [-0.39, 0.29) is 5.91 Å². The predicted octanol–water partition coefficient (Wildman–Crippen LogP) is 2.38. The Morgan fingerprint density at radius 2 is 2.00 bits per heavy atom. The lowest BCUT2D eigenvalue weighted by Gasteiger charge is -2.25. The summed E-state index contributed by atoms with van der Waals surface area (Å²) in [7, 11) is 0. The van der Waals surface area contributed by atoms with Gasteiger partial charge in [0.2, 0.25) is 5.91 Å². The monoisotopic (exact) mass is 330 g/mol. The molecule has 0 aromatic carbocycles. The molecule has 1 aliphatic rings. The van der Waals surface area contributed by atoms with Gasteiger partial charge < -0.3 is 5.32 Å². The first kappa shape index (κ1) is 16.1. The highest BCUT2D eigenvalue weighted by Crippen LogP contribution is 2.16. The first-order valence-corrected chi connectivity index (χ1v) is 8.99. The number of amides is 1. The van der Waals surface area contributed by atoms with Crippen LogP contribution in [-0.4, -0.2) is 33.9 Å². The minimum absolute atomic E-state index is 0.0108. The Hall–Kier alpha value is -1.79. The van der Waals surface area contributed by atoms with Gasteiger partial charge in [0.1, 0.15) is 5.01 Å². The van der Waals surface area contributed by atoms with Gasteiger partial charge in [0.15, 0.2) is 0 Å². The maximum Gasteiger partial charge on any atom is 0.226 e. The van der Waals surface area contributed by atoms with E-state index in [9.17, 15) is 4.79 Å². The van der Waals surface area contributed by atoms with Crippen LogP contribution < -0.4 is 5.32 Å². The summed E-state index contributed by atoms with van der Waals surface area (Å²) in [6.45, 7) is 3.79. The molecule has 0 spiro atoms. The van der Waals surface area contributed by atoms with E-state index in [0.29, 0.717) is 13.0 Å². The summed E-state index contributed by atoms with van der Waals surface area (Å²) in [5.41, 5.74) is 1.92. The zero-order valence-electron chi connectivity index (χ0n) is 13.2. The lowest BCUT2D eigenvalue weighted by Crippen LogP contribution is -2.29. The molecule has 23 heavy (non-hydrogen) atoms. The van der Waals surface area contributed by atoms with Crippen molar-refractivity contribution in [2.24, 2.45) is 0 Å². The first-order valence-electron chi connectivity index (χ1n) is 8.11. The number of rotatable bonds is 6. The zero-order chi connectivity index (χ0) is 15.9. The van der Waals surface area contributed by atoms with E-state index in [1.165, 1.54) is 32.4 Å². The van der Waals surface area contributed by atoms with Crippen molar-refractivity contribution in [2.45, 2.75) is 38.8 Å². The Kier molecular flexibility index (Phi) is 5.71. The van der Waals surface area contributed by atoms with E-state index in [2.05, 4.69) is 20.2 Å². The maximum absolute atomic E-state index is 12.0. The smallest absolute Gasteiger partial charge is 0.226 e. The molecule has 3 rings (SSSR count). The molecule has 2 aromatic heterocycles. The Morgan fingerprint density at radius 1 is 1.22 bits per heavy atom. The predicted molar refractivity (Wildman–Crippen MR) is 91.0 cm³/mol. The Balaban J connectivity index is 1.45. The molecular formula is C17H22N4OS. The van der Waals surface area contributed by atoms with Crippen LogP contribution in [0.15, 0.2) is 29.9 Å². The number of hydrogen-bond donors (Lipinski definition) is 1. The summed E-state index contributed by atoms with van der Waals surface area (Å²) >= 11 is 1.66. The summed E-state index contributed by atoms with van der Waals surface area (Å²) in [5.74, 6) is 0.0108. The fourth-order valence-corrected chi connectivity index (χ4v) is 3.58. The highest BCUT2D eigenvalue weighted by atomic mass is 32.1. The number of carbonyl (C=O) groups is 1. The number of nitrogens with zero attached hydrogens (tertiary/aromatic N) is 3. The molecule has 2 aromatic rings. The van der Waals surface area contributed by atoms with Crippen molar-refractivity contribution < 1.29 is 4.79 Å². The van der Waals surface area contributed by atoms with Crippen molar-refractivity contribution in [1.29, 1.82) is 0 Å². The van der Waals surface area contributed by atoms with Crippen molar-refractivity contribution in [3.8, 4) is 0 Å². The van der Waals surface area contributed by atoms with Gasteiger partial charge in [0, 0.05) is 24.3 Å². The van der Waals surface area contributed by atoms with E-state index in [0.717, 1.165) is 22.8 Å². The Labute approximate surface area is 140 Å². The van der Waals surface area contributed by atoms with Gasteiger partial charge in [-0.15, -0.1) is 11.3 Å². The summed E-state index contributed by atoms with van der Waals surface area (Å²) in [6, 6.07) is 3.81. The fraction of sp³-hybridized carbons (Fsp3) is 0.471. The average Bonchev–Trinajstić information content (AvgIpc) is 3.02. The molecule has 0 saturated carbocycles. The van der Waals surface area contributed by atoms with Crippen LogP contribution in [0, 0.1) is 0 Å². The fourth-order valence-electron chi connectivity index (χ4n) is 2.74. The van der Waals surface area contributed by atoms with Gasteiger partial charge in [0.25, 0.3) is 0 Å². The SMILES string of the molecule is O=C(Cc1csc(CN2CCCCC2)n1)NCc1ccncc1. The molecule has 1 fully saturated rings. The van der Waals surface area contributed by atoms with Crippen molar-refractivity contribution in [3.05, 3.63) is 46.2 Å². The topological polar surface area (TPSA) is 58.1 Å². The summed E-state index contributed by atoms with van der Waals surface area (Å²) in [6.07, 6.45) is 7.73. The number of hydrogen-bond acceptors (Lipinski definition) is 5. The second kappa shape index (κ2) is 8.17. The number of thiazole rings is 1. The van der Waals surface area contributed by atoms with E-state index in [1.54, 1.807) is 23.7 Å². The van der Waals surface area contributed by atoms with Crippen LogP contribution in [0.25, 0.3) is 0 Å². The maximum atomic E-state index is 12.0. The third kappa shape index (κ3) is 5.11. The van der Waals surface area contributed by atoms with Crippen LogP contribution in [-0.2, 0) is 24.3 Å². The molecule has 122 valence electrons. The van der Waals surface area contributed by atoms with Crippen LogP contribution in [0.1, 0.15) is 35.5 Å². The average molecular weight is 330 g/mol. The second-order valence-corrected chi connectivity index (χ2v) is 6.82. The van der Waals surface area contributed by atoms with Crippen LogP contribution in [0.2, 0.25) is 0 Å². The lowest BCUT2D eigenvalue weighted by molar-refractivity contribution is -0.120. The molecule has 1 N–H and O–H groups in total. The minimum atomic E-state index is 0.0108. The minimum Gasteiger partial charge on any atom is -0.352 e. The third-order valence-corrected chi connectivity index (χ3v) is 4.87. The van der Waals surface area contributed by atoms with E-state index in [4.69, 9.17) is 0 Å². The van der Waals surface area contributed by atoms with Crippen molar-refractivity contribution in [1.82, 2.24) is 20.2 Å². The lowest BCUT2D eigenvalue weighted by atomic mass is 10.1. The third-order valence-electron chi connectivity index (χ3n) is 3.99. The largest absolute Gasteiger partial charge is 0.352 e.